The van der Waals surface area contributed by atoms with E-state index in [0.717, 1.165) is 16.9 Å². The van der Waals surface area contributed by atoms with Crippen molar-refractivity contribution in [1.29, 1.82) is 0 Å². The van der Waals surface area contributed by atoms with Gasteiger partial charge in [0.05, 0.1) is 7.11 Å². The highest BCUT2D eigenvalue weighted by atomic mass is 16.5. The highest BCUT2D eigenvalue weighted by molar-refractivity contribution is 5.96. The van der Waals surface area contributed by atoms with Gasteiger partial charge in [-0.25, -0.2) is 0 Å². The Morgan fingerprint density at radius 1 is 1.17 bits per heavy atom. The van der Waals surface area contributed by atoms with Crippen LogP contribution in [0.25, 0.3) is 11.1 Å². The Bertz CT molecular complexity index is 692. The monoisotopic (exact) mass is 309 g/mol. The molecule has 2 aromatic carbocycles. The van der Waals surface area contributed by atoms with E-state index >= 15 is 0 Å². The van der Waals surface area contributed by atoms with Crippen LogP contribution in [0.4, 0.5) is 0 Å². The third kappa shape index (κ3) is 3.24. The standard InChI is InChI=1S/C20H23NO2/c1-14(15-9-10-15)21(2)20(22)17-11-12-19(23-3)18(13-17)16-7-5-4-6-8-16/h4-8,11-15H,9-10H2,1-3H3. The summed E-state index contributed by atoms with van der Waals surface area (Å²) < 4.78 is 5.47. The van der Waals surface area contributed by atoms with Gasteiger partial charge in [-0.2, -0.15) is 0 Å². The number of carbonyl (C=O) groups is 1. The molecule has 1 saturated carbocycles. The number of benzene rings is 2. The van der Waals surface area contributed by atoms with Gasteiger partial charge in [0.25, 0.3) is 5.91 Å². The molecule has 0 bridgehead atoms. The number of methoxy groups -OCH3 is 1. The average molecular weight is 309 g/mol. The zero-order valence-corrected chi connectivity index (χ0v) is 14.0. The summed E-state index contributed by atoms with van der Waals surface area (Å²) in [7, 11) is 3.56. The minimum absolute atomic E-state index is 0.0734. The Balaban J connectivity index is 1.93. The summed E-state index contributed by atoms with van der Waals surface area (Å²) >= 11 is 0. The molecule has 0 N–H and O–H groups in total. The highest BCUT2D eigenvalue weighted by Crippen LogP contribution is 2.36. The molecule has 1 unspecified atom stereocenters. The summed E-state index contributed by atoms with van der Waals surface area (Å²) in [5, 5.41) is 0. The van der Waals surface area contributed by atoms with Gasteiger partial charge in [0.2, 0.25) is 0 Å². The second-order valence-corrected chi connectivity index (χ2v) is 6.28. The number of ether oxygens (including phenoxy) is 1. The fourth-order valence-corrected chi connectivity index (χ4v) is 2.97. The molecule has 0 aromatic heterocycles. The molecule has 1 aliphatic carbocycles. The summed E-state index contributed by atoms with van der Waals surface area (Å²) in [5.41, 5.74) is 2.71. The van der Waals surface area contributed by atoms with Crippen molar-refractivity contribution in [3.05, 3.63) is 54.1 Å². The van der Waals surface area contributed by atoms with Gasteiger partial charge in [0.15, 0.2) is 0 Å². The molecule has 0 aliphatic heterocycles. The Morgan fingerprint density at radius 3 is 2.48 bits per heavy atom. The van der Waals surface area contributed by atoms with Gasteiger partial charge in [-0.05, 0) is 49.4 Å². The van der Waals surface area contributed by atoms with Crippen molar-refractivity contribution in [2.75, 3.05) is 14.2 Å². The van der Waals surface area contributed by atoms with Crippen LogP contribution in [0.15, 0.2) is 48.5 Å². The van der Waals surface area contributed by atoms with Crippen LogP contribution >= 0.6 is 0 Å². The number of carbonyl (C=O) groups excluding carboxylic acids is 1. The fourth-order valence-electron chi connectivity index (χ4n) is 2.97. The van der Waals surface area contributed by atoms with Gasteiger partial charge in [-0.3, -0.25) is 4.79 Å². The summed E-state index contributed by atoms with van der Waals surface area (Å²) in [6, 6.07) is 16.0. The van der Waals surface area contributed by atoms with Crippen molar-refractivity contribution in [1.82, 2.24) is 4.90 Å². The lowest BCUT2D eigenvalue weighted by molar-refractivity contribution is 0.0727. The van der Waals surface area contributed by atoms with Crippen LogP contribution in [-0.4, -0.2) is 31.0 Å². The van der Waals surface area contributed by atoms with E-state index in [2.05, 4.69) is 6.92 Å². The molecule has 2 aromatic rings. The molecule has 3 rings (SSSR count). The molecule has 0 spiro atoms. The predicted molar refractivity (Wildman–Crippen MR) is 92.7 cm³/mol. The molecular formula is C20H23NO2. The van der Waals surface area contributed by atoms with Crippen LogP contribution in [0.3, 0.4) is 0 Å². The molecule has 1 aliphatic rings. The Morgan fingerprint density at radius 2 is 1.87 bits per heavy atom. The van der Waals surface area contributed by atoms with Crippen molar-refractivity contribution in [2.45, 2.75) is 25.8 Å². The van der Waals surface area contributed by atoms with Gasteiger partial charge in [0.1, 0.15) is 5.75 Å². The van der Waals surface area contributed by atoms with Crippen LogP contribution in [0.1, 0.15) is 30.1 Å². The lowest BCUT2D eigenvalue weighted by atomic mass is 10.0. The van der Waals surface area contributed by atoms with Gasteiger partial charge < -0.3 is 9.64 Å². The smallest absolute Gasteiger partial charge is 0.253 e. The molecular weight excluding hydrogens is 286 g/mol. The van der Waals surface area contributed by atoms with E-state index in [9.17, 15) is 4.79 Å². The Labute approximate surface area is 137 Å². The van der Waals surface area contributed by atoms with Crippen molar-refractivity contribution in [3.63, 3.8) is 0 Å². The van der Waals surface area contributed by atoms with Crippen LogP contribution < -0.4 is 4.74 Å². The van der Waals surface area contributed by atoms with Crippen molar-refractivity contribution < 1.29 is 9.53 Å². The van der Waals surface area contributed by atoms with Crippen LogP contribution in [0.5, 0.6) is 5.75 Å². The van der Waals surface area contributed by atoms with Crippen LogP contribution in [0.2, 0.25) is 0 Å². The molecule has 0 heterocycles. The molecule has 1 amide bonds. The lowest BCUT2D eigenvalue weighted by Gasteiger charge is -2.25. The highest BCUT2D eigenvalue weighted by Gasteiger charge is 2.32. The molecule has 3 nitrogen and oxygen atoms in total. The second-order valence-electron chi connectivity index (χ2n) is 6.28. The van der Waals surface area contributed by atoms with Crippen LogP contribution in [-0.2, 0) is 0 Å². The first-order chi connectivity index (χ1) is 11.1. The molecule has 0 radical (unpaired) electrons. The average Bonchev–Trinajstić information content (AvgIpc) is 3.45. The number of hydrogen-bond donors (Lipinski definition) is 0. The third-order valence-corrected chi connectivity index (χ3v) is 4.77. The predicted octanol–water partition coefficient (Wildman–Crippen LogP) is 4.23. The molecule has 23 heavy (non-hydrogen) atoms. The third-order valence-electron chi connectivity index (χ3n) is 4.77. The molecule has 3 heteroatoms. The van der Waals surface area contributed by atoms with E-state index in [0.29, 0.717) is 17.5 Å². The van der Waals surface area contributed by atoms with E-state index in [1.807, 2.05) is 60.5 Å². The summed E-state index contributed by atoms with van der Waals surface area (Å²) in [6.45, 7) is 2.14. The Kier molecular flexibility index (Phi) is 4.37. The lowest BCUT2D eigenvalue weighted by Crippen LogP contribution is -2.36. The quantitative estimate of drug-likeness (QED) is 0.827. The van der Waals surface area contributed by atoms with Gasteiger partial charge in [-0.1, -0.05) is 30.3 Å². The first-order valence-corrected chi connectivity index (χ1v) is 8.12. The first-order valence-electron chi connectivity index (χ1n) is 8.12. The van der Waals surface area contributed by atoms with Gasteiger partial charge in [-0.15, -0.1) is 0 Å². The summed E-state index contributed by atoms with van der Waals surface area (Å²) in [5.74, 6) is 1.52. The van der Waals surface area contributed by atoms with E-state index in [4.69, 9.17) is 4.74 Å². The largest absolute Gasteiger partial charge is 0.496 e. The van der Waals surface area contributed by atoms with Gasteiger partial charge >= 0.3 is 0 Å². The zero-order valence-electron chi connectivity index (χ0n) is 14.0. The zero-order chi connectivity index (χ0) is 16.4. The maximum absolute atomic E-state index is 12.8. The maximum Gasteiger partial charge on any atom is 0.253 e. The van der Waals surface area contributed by atoms with Crippen LogP contribution in [0, 0.1) is 5.92 Å². The molecule has 0 saturated heterocycles. The summed E-state index contributed by atoms with van der Waals surface area (Å²) in [6.07, 6.45) is 2.47. The van der Waals surface area contributed by atoms with Gasteiger partial charge in [0, 0.05) is 24.2 Å². The van der Waals surface area contributed by atoms with E-state index in [1.54, 1.807) is 7.11 Å². The minimum Gasteiger partial charge on any atom is -0.496 e. The fraction of sp³-hybridized carbons (Fsp3) is 0.350. The summed E-state index contributed by atoms with van der Waals surface area (Å²) in [4.78, 5) is 14.7. The van der Waals surface area contributed by atoms with Crippen molar-refractivity contribution in [2.24, 2.45) is 5.92 Å². The molecule has 120 valence electrons. The van der Waals surface area contributed by atoms with E-state index < -0.39 is 0 Å². The maximum atomic E-state index is 12.8. The molecule has 1 atom stereocenters. The van der Waals surface area contributed by atoms with E-state index in [1.165, 1.54) is 12.8 Å². The SMILES string of the molecule is COc1ccc(C(=O)N(C)C(C)C2CC2)cc1-c1ccccc1. The first kappa shape index (κ1) is 15.6. The van der Waals surface area contributed by atoms with Crippen molar-refractivity contribution in [3.8, 4) is 16.9 Å². The van der Waals surface area contributed by atoms with Crippen molar-refractivity contribution >= 4 is 5.91 Å². The minimum atomic E-state index is 0.0734. The number of hydrogen-bond acceptors (Lipinski definition) is 2. The second kappa shape index (κ2) is 6.45. The number of nitrogens with zero attached hydrogens (tertiary/aromatic N) is 1. The Hall–Kier alpha value is -2.29. The number of rotatable bonds is 5. The molecule has 1 fully saturated rings. The number of amides is 1. The normalized spacial score (nSPS) is 15.1. The topological polar surface area (TPSA) is 29.5 Å². The van der Waals surface area contributed by atoms with E-state index in [-0.39, 0.29) is 5.91 Å².